The second-order valence-corrected chi connectivity index (χ2v) is 5.68. The number of rotatable bonds is 1. The molecule has 0 amide bonds. The van der Waals surface area contributed by atoms with Crippen molar-refractivity contribution in [1.82, 2.24) is 4.57 Å². The zero-order valence-electron chi connectivity index (χ0n) is 11.7. The molecule has 4 nitrogen and oxygen atoms in total. The molecule has 1 heterocycles. The standard InChI is InChI=1S/C17H16N2O2/c1-19-15-8-12-11(10-5-3-2-4-6-10)7-14(18)13(12)9-16(15)21-17(19)20/h2-6,8-9,11,14H,7,18H2,1H3. The summed E-state index contributed by atoms with van der Waals surface area (Å²) in [5, 5.41) is 0. The highest BCUT2D eigenvalue weighted by molar-refractivity contribution is 5.76. The Morgan fingerprint density at radius 1 is 1.19 bits per heavy atom. The van der Waals surface area contributed by atoms with Crippen molar-refractivity contribution in [3.63, 3.8) is 0 Å². The molecular weight excluding hydrogens is 264 g/mol. The van der Waals surface area contributed by atoms with Gasteiger partial charge in [-0.1, -0.05) is 30.3 Å². The van der Waals surface area contributed by atoms with Crippen molar-refractivity contribution < 1.29 is 4.42 Å². The maximum Gasteiger partial charge on any atom is 0.419 e. The zero-order chi connectivity index (χ0) is 14.6. The third-order valence-corrected chi connectivity index (χ3v) is 4.46. The average Bonchev–Trinajstić information content (AvgIpc) is 2.97. The number of oxazole rings is 1. The summed E-state index contributed by atoms with van der Waals surface area (Å²) in [6.07, 6.45) is 0.889. The first-order chi connectivity index (χ1) is 10.1. The number of aryl methyl sites for hydroxylation is 1. The van der Waals surface area contributed by atoms with Crippen LogP contribution in [0.2, 0.25) is 0 Å². The normalized spacial score (nSPS) is 20.9. The molecule has 0 bridgehead atoms. The third-order valence-electron chi connectivity index (χ3n) is 4.46. The van der Waals surface area contributed by atoms with Crippen LogP contribution < -0.4 is 11.5 Å². The Hall–Kier alpha value is -2.33. The Morgan fingerprint density at radius 2 is 1.95 bits per heavy atom. The van der Waals surface area contributed by atoms with Gasteiger partial charge in [0.2, 0.25) is 0 Å². The van der Waals surface area contributed by atoms with Gasteiger partial charge in [0, 0.05) is 19.0 Å². The molecule has 4 rings (SSSR count). The summed E-state index contributed by atoms with van der Waals surface area (Å²) in [7, 11) is 1.73. The van der Waals surface area contributed by atoms with Gasteiger partial charge in [-0.15, -0.1) is 0 Å². The molecule has 106 valence electrons. The molecule has 2 N–H and O–H groups in total. The monoisotopic (exact) mass is 280 g/mol. The van der Waals surface area contributed by atoms with Crippen LogP contribution in [0, 0.1) is 0 Å². The summed E-state index contributed by atoms with van der Waals surface area (Å²) < 4.78 is 6.81. The van der Waals surface area contributed by atoms with Gasteiger partial charge in [-0.05, 0) is 35.2 Å². The average molecular weight is 280 g/mol. The van der Waals surface area contributed by atoms with Crippen LogP contribution in [0.15, 0.2) is 51.7 Å². The molecule has 1 aliphatic rings. The number of hydrogen-bond donors (Lipinski definition) is 1. The topological polar surface area (TPSA) is 61.2 Å². The van der Waals surface area contributed by atoms with Gasteiger partial charge in [0.05, 0.1) is 5.52 Å². The molecule has 3 aromatic rings. The highest BCUT2D eigenvalue weighted by atomic mass is 16.4. The predicted molar refractivity (Wildman–Crippen MR) is 81.3 cm³/mol. The van der Waals surface area contributed by atoms with Crippen LogP contribution >= 0.6 is 0 Å². The fourth-order valence-electron chi connectivity index (χ4n) is 3.34. The van der Waals surface area contributed by atoms with E-state index in [4.69, 9.17) is 10.2 Å². The lowest BCUT2D eigenvalue weighted by Gasteiger charge is -2.11. The number of fused-ring (bicyclic) bond motifs is 2. The Bertz CT molecular complexity index is 877. The summed E-state index contributed by atoms with van der Waals surface area (Å²) in [6.45, 7) is 0. The fraction of sp³-hybridized carbons (Fsp3) is 0.235. The van der Waals surface area contributed by atoms with Gasteiger partial charge in [-0.3, -0.25) is 4.57 Å². The smallest absolute Gasteiger partial charge is 0.408 e. The number of nitrogens with zero attached hydrogens (tertiary/aromatic N) is 1. The highest BCUT2D eigenvalue weighted by Gasteiger charge is 2.31. The van der Waals surface area contributed by atoms with Crippen molar-refractivity contribution in [2.24, 2.45) is 12.8 Å². The summed E-state index contributed by atoms with van der Waals surface area (Å²) in [4.78, 5) is 11.7. The Balaban J connectivity index is 1.96. The van der Waals surface area contributed by atoms with Crippen molar-refractivity contribution >= 4 is 11.1 Å². The van der Waals surface area contributed by atoms with Crippen molar-refractivity contribution in [3.8, 4) is 0 Å². The number of nitrogens with two attached hydrogens (primary N) is 1. The molecule has 0 saturated heterocycles. The van der Waals surface area contributed by atoms with E-state index in [1.165, 1.54) is 11.1 Å². The van der Waals surface area contributed by atoms with Crippen LogP contribution in [-0.4, -0.2) is 4.57 Å². The maximum atomic E-state index is 11.7. The molecule has 1 aromatic heterocycles. The van der Waals surface area contributed by atoms with Crippen LogP contribution in [0.3, 0.4) is 0 Å². The molecule has 0 fully saturated rings. The van der Waals surface area contributed by atoms with E-state index in [-0.39, 0.29) is 17.7 Å². The van der Waals surface area contributed by atoms with Gasteiger partial charge >= 0.3 is 5.76 Å². The van der Waals surface area contributed by atoms with Crippen molar-refractivity contribution in [2.45, 2.75) is 18.4 Å². The summed E-state index contributed by atoms with van der Waals surface area (Å²) in [6, 6.07) is 14.3. The largest absolute Gasteiger partial charge is 0.419 e. The predicted octanol–water partition coefficient (Wildman–Crippen LogP) is 2.67. The Kier molecular flexibility index (Phi) is 2.56. The second-order valence-electron chi connectivity index (χ2n) is 5.68. The van der Waals surface area contributed by atoms with E-state index in [1.54, 1.807) is 11.6 Å². The minimum atomic E-state index is -0.335. The highest BCUT2D eigenvalue weighted by Crippen LogP contribution is 2.44. The lowest BCUT2D eigenvalue weighted by molar-refractivity contribution is 0.527. The molecular formula is C17H16N2O2. The minimum Gasteiger partial charge on any atom is -0.408 e. The van der Waals surface area contributed by atoms with Gasteiger partial charge in [0.15, 0.2) is 5.58 Å². The van der Waals surface area contributed by atoms with Gasteiger partial charge in [0.25, 0.3) is 0 Å². The van der Waals surface area contributed by atoms with Crippen LogP contribution in [0.5, 0.6) is 0 Å². The lowest BCUT2D eigenvalue weighted by Crippen LogP contribution is -2.08. The van der Waals surface area contributed by atoms with E-state index >= 15 is 0 Å². The van der Waals surface area contributed by atoms with Crippen LogP contribution in [0.1, 0.15) is 35.1 Å². The molecule has 1 aliphatic carbocycles. The SMILES string of the molecule is Cn1c(=O)oc2cc3c(cc21)C(c1ccccc1)CC3N. The van der Waals surface area contributed by atoms with E-state index < -0.39 is 0 Å². The van der Waals surface area contributed by atoms with Crippen LogP contribution in [0.4, 0.5) is 0 Å². The molecule has 2 atom stereocenters. The minimum absolute atomic E-state index is 0.0138. The first-order valence-electron chi connectivity index (χ1n) is 7.09. The summed E-state index contributed by atoms with van der Waals surface area (Å²) in [5.41, 5.74) is 11.3. The van der Waals surface area contributed by atoms with Gasteiger partial charge in [-0.2, -0.15) is 0 Å². The molecule has 4 heteroatoms. The van der Waals surface area contributed by atoms with Crippen molar-refractivity contribution in [2.75, 3.05) is 0 Å². The summed E-state index contributed by atoms with van der Waals surface area (Å²) >= 11 is 0. The number of aromatic nitrogens is 1. The van der Waals surface area contributed by atoms with Gasteiger partial charge in [-0.25, -0.2) is 4.79 Å². The third kappa shape index (κ3) is 1.76. The van der Waals surface area contributed by atoms with Crippen molar-refractivity contribution in [3.05, 3.63) is 69.7 Å². The molecule has 0 saturated carbocycles. The first-order valence-corrected chi connectivity index (χ1v) is 7.09. The Morgan fingerprint density at radius 3 is 2.71 bits per heavy atom. The van der Waals surface area contributed by atoms with E-state index in [0.717, 1.165) is 17.5 Å². The van der Waals surface area contributed by atoms with Crippen LogP contribution in [0.25, 0.3) is 11.1 Å². The zero-order valence-corrected chi connectivity index (χ0v) is 11.7. The van der Waals surface area contributed by atoms with E-state index in [1.807, 2.05) is 24.3 Å². The number of hydrogen-bond acceptors (Lipinski definition) is 3. The molecule has 21 heavy (non-hydrogen) atoms. The molecule has 2 unspecified atom stereocenters. The Labute approximate surface area is 121 Å². The van der Waals surface area contributed by atoms with E-state index in [2.05, 4.69) is 18.2 Å². The van der Waals surface area contributed by atoms with E-state index in [9.17, 15) is 4.79 Å². The van der Waals surface area contributed by atoms with Gasteiger partial charge < -0.3 is 10.2 Å². The molecule has 0 spiro atoms. The summed E-state index contributed by atoms with van der Waals surface area (Å²) in [5.74, 6) is -0.0518. The van der Waals surface area contributed by atoms with Crippen LogP contribution in [-0.2, 0) is 7.05 Å². The lowest BCUT2D eigenvalue weighted by atomic mass is 9.93. The van der Waals surface area contributed by atoms with Gasteiger partial charge in [0.1, 0.15) is 0 Å². The quantitative estimate of drug-likeness (QED) is 0.745. The maximum absolute atomic E-state index is 11.7. The number of benzene rings is 2. The fourth-order valence-corrected chi connectivity index (χ4v) is 3.34. The second kappa shape index (κ2) is 4.33. The molecule has 0 radical (unpaired) electrons. The molecule has 0 aliphatic heterocycles. The first kappa shape index (κ1) is 12.4. The van der Waals surface area contributed by atoms with Crippen molar-refractivity contribution in [1.29, 1.82) is 0 Å². The van der Waals surface area contributed by atoms with E-state index in [0.29, 0.717) is 5.58 Å². The molecule has 2 aromatic carbocycles.